The first-order valence-electron chi connectivity index (χ1n) is 11.2. The molecule has 36 heavy (non-hydrogen) atoms. The van der Waals surface area contributed by atoms with Gasteiger partial charge in [-0.1, -0.05) is 56.3 Å². The molecule has 0 aliphatic carbocycles. The SMILES string of the molecule is COc1cc(/C=N/NC(=O)C(NC(=O)c2ccccc2F)C(C)C)cc(Br)c1OCc1ccccc1. The van der Waals surface area contributed by atoms with Gasteiger partial charge in [-0.3, -0.25) is 9.59 Å². The fraction of sp³-hybridized carbons (Fsp3) is 0.222. The number of rotatable bonds is 10. The van der Waals surface area contributed by atoms with Gasteiger partial charge in [0.25, 0.3) is 11.8 Å². The van der Waals surface area contributed by atoms with E-state index in [2.05, 4.69) is 31.8 Å². The molecule has 0 bridgehead atoms. The van der Waals surface area contributed by atoms with E-state index < -0.39 is 23.7 Å². The summed E-state index contributed by atoms with van der Waals surface area (Å²) in [5.74, 6) is -1.09. The van der Waals surface area contributed by atoms with Crippen LogP contribution in [0.4, 0.5) is 4.39 Å². The molecule has 0 saturated carbocycles. The van der Waals surface area contributed by atoms with Crippen LogP contribution in [-0.4, -0.2) is 31.2 Å². The van der Waals surface area contributed by atoms with Crippen LogP contribution >= 0.6 is 15.9 Å². The van der Waals surface area contributed by atoms with Gasteiger partial charge < -0.3 is 14.8 Å². The topological polar surface area (TPSA) is 89.0 Å². The van der Waals surface area contributed by atoms with E-state index in [1.165, 1.54) is 31.5 Å². The molecule has 7 nitrogen and oxygen atoms in total. The van der Waals surface area contributed by atoms with Crippen LogP contribution in [0.15, 0.2) is 76.3 Å². The summed E-state index contributed by atoms with van der Waals surface area (Å²) in [7, 11) is 1.53. The maximum Gasteiger partial charge on any atom is 0.262 e. The fourth-order valence-corrected chi connectivity index (χ4v) is 3.90. The molecule has 3 aromatic rings. The van der Waals surface area contributed by atoms with E-state index in [9.17, 15) is 14.0 Å². The second-order valence-electron chi connectivity index (χ2n) is 8.22. The fourth-order valence-electron chi connectivity index (χ4n) is 3.32. The van der Waals surface area contributed by atoms with Crippen LogP contribution in [0.2, 0.25) is 0 Å². The van der Waals surface area contributed by atoms with Crippen LogP contribution in [0.3, 0.4) is 0 Å². The van der Waals surface area contributed by atoms with Gasteiger partial charge in [0, 0.05) is 0 Å². The van der Waals surface area contributed by atoms with Gasteiger partial charge in [-0.05, 0) is 57.2 Å². The van der Waals surface area contributed by atoms with E-state index in [0.29, 0.717) is 28.1 Å². The maximum atomic E-state index is 13.9. The number of benzene rings is 3. The van der Waals surface area contributed by atoms with Gasteiger partial charge in [-0.15, -0.1) is 0 Å². The lowest BCUT2D eigenvalue weighted by Gasteiger charge is -2.20. The number of ether oxygens (including phenoxy) is 2. The minimum absolute atomic E-state index is 0.133. The van der Waals surface area contributed by atoms with Crippen LogP contribution in [-0.2, 0) is 11.4 Å². The lowest BCUT2D eigenvalue weighted by atomic mass is 10.0. The number of hydrazone groups is 1. The molecule has 188 valence electrons. The Morgan fingerprint density at radius 2 is 1.78 bits per heavy atom. The molecule has 0 saturated heterocycles. The van der Waals surface area contributed by atoms with E-state index in [4.69, 9.17) is 9.47 Å². The molecule has 2 amide bonds. The number of nitrogens with one attached hydrogen (secondary N) is 2. The summed E-state index contributed by atoms with van der Waals surface area (Å²) in [5.41, 5.74) is 3.96. The molecule has 0 aliphatic rings. The molecule has 3 aromatic carbocycles. The molecule has 0 aliphatic heterocycles. The Labute approximate surface area is 217 Å². The summed E-state index contributed by atoms with van der Waals surface area (Å²) in [6.07, 6.45) is 1.45. The van der Waals surface area contributed by atoms with E-state index in [-0.39, 0.29) is 11.5 Å². The zero-order chi connectivity index (χ0) is 26.1. The Bertz CT molecular complexity index is 1230. The quantitative estimate of drug-likeness (QED) is 0.269. The van der Waals surface area contributed by atoms with Gasteiger partial charge in [0.1, 0.15) is 18.5 Å². The van der Waals surface area contributed by atoms with Crippen molar-refractivity contribution >= 4 is 34.0 Å². The van der Waals surface area contributed by atoms with Crippen LogP contribution in [0.5, 0.6) is 11.5 Å². The smallest absolute Gasteiger partial charge is 0.262 e. The van der Waals surface area contributed by atoms with E-state index in [1.807, 2.05) is 30.3 Å². The standard InChI is InChI=1S/C27H27BrFN3O4/c1-17(2)24(31-26(33)20-11-7-8-12-22(20)29)27(34)32-30-15-19-13-21(28)25(23(14-19)35-3)36-16-18-9-5-4-6-10-18/h4-15,17,24H,16H2,1-3H3,(H,31,33)(H,32,34)/b30-15+. The molecular formula is C27H27BrFN3O4. The minimum Gasteiger partial charge on any atom is -0.493 e. The van der Waals surface area contributed by atoms with Gasteiger partial charge in [0.2, 0.25) is 0 Å². The predicted molar refractivity (Wildman–Crippen MR) is 140 cm³/mol. The number of carbonyl (C=O) groups is 2. The van der Waals surface area contributed by atoms with Crippen molar-refractivity contribution in [3.05, 3.63) is 93.7 Å². The lowest BCUT2D eigenvalue weighted by molar-refractivity contribution is -0.123. The number of nitrogens with zero attached hydrogens (tertiary/aromatic N) is 1. The average Bonchev–Trinajstić information content (AvgIpc) is 2.86. The van der Waals surface area contributed by atoms with Crippen LogP contribution in [0.25, 0.3) is 0 Å². The van der Waals surface area contributed by atoms with Gasteiger partial charge in [0.15, 0.2) is 11.5 Å². The highest BCUT2D eigenvalue weighted by atomic mass is 79.9. The Kier molecular flexibility index (Phi) is 9.58. The van der Waals surface area contributed by atoms with Gasteiger partial charge in [0.05, 0.1) is 23.4 Å². The van der Waals surface area contributed by atoms with Crippen molar-refractivity contribution < 1.29 is 23.5 Å². The molecule has 2 N–H and O–H groups in total. The normalized spacial score (nSPS) is 11.8. The highest BCUT2D eigenvalue weighted by Gasteiger charge is 2.25. The molecule has 9 heteroatoms. The maximum absolute atomic E-state index is 13.9. The Hall–Kier alpha value is -3.72. The summed E-state index contributed by atoms with van der Waals surface area (Å²) < 4.78 is 26.0. The van der Waals surface area contributed by atoms with Crippen molar-refractivity contribution in [3.63, 3.8) is 0 Å². The molecule has 0 radical (unpaired) electrons. The summed E-state index contributed by atoms with van der Waals surface area (Å²) in [5, 5.41) is 6.59. The van der Waals surface area contributed by atoms with E-state index in [0.717, 1.165) is 5.56 Å². The molecule has 3 rings (SSSR count). The summed E-state index contributed by atoms with van der Waals surface area (Å²) in [6.45, 7) is 3.91. The van der Waals surface area contributed by atoms with Gasteiger partial charge in [-0.2, -0.15) is 5.10 Å². The Balaban J connectivity index is 1.66. The van der Waals surface area contributed by atoms with Gasteiger partial charge in [-0.25, -0.2) is 9.82 Å². The number of amides is 2. The largest absolute Gasteiger partial charge is 0.493 e. The first kappa shape index (κ1) is 26.9. The number of methoxy groups -OCH3 is 1. The van der Waals surface area contributed by atoms with Crippen molar-refractivity contribution in [2.75, 3.05) is 7.11 Å². The molecule has 0 heterocycles. The number of hydrogen-bond acceptors (Lipinski definition) is 5. The summed E-state index contributed by atoms with van der Waals surface area (Å²) in [6, 6.07) is 17.9. The highest BCUT2D eigenvalue weighted by molar-refractivity contribution is 9.10. The number of carbonyl (C=O) groups excluding carboxylic acids is 2. The second-order valence-corrected chi connectivity index (χ2v) is 9.07. The monoisotopic (exact) mass is 555 g/mol. The molecule has 0 spiro atoms. The third-order valence-corrected chi connectivity index (χ3v) is 5.81. The third-order valence-electron chi connectivity index (χ3n) is 5.22. The highest BCUT2D eigenvalue weighted by Crippen LogP contribution is 2.36. The van der Waals surface area contributed by atoms with Crippen molar-refractivity contribution in [2.24, 2.45) is 11.0 Å². The lowest BCUT2D eigenvalue weighted by Crippen LogP contribution is -2.48. The Morgan fingerprint density at radius 3 is 2.44 bits per heavy atom. The first-order valence-corrected chi connectivity index (χ1v) is 12.0. The number of hydrogen-bond donors (Lipinski definition) is 2. The first-order chi connectivity index (χ1) is 17.3. The summed E-state index contributed by atoms with van der Waals surface area (Å²) in [4.78, 5) is 25.2. The van der Waals surface area contributed by atoms with Crippen molar-refractivity contribution in [1.82, 2.24) is 10.7 Å². The van der Waals surface area contributed by atoms with Crippen LogP contribution < -0.4 is 20.2 Å². The van der Waals surface area contributed by atoms with Crippen LogP contribution in [0, 0.1) is 11.7 Å². The van der Waals surface area contributed by atoms with Crippen molar-refractivity contribution in [2.45, 2.75) is 26.5 Å². The van der Waals surface area contributed by atoms with E-state index in [1.54, 1.807) is 32.0 Å². The molecule has 0 fully saturated rings. The molecule has 1 atom stereocenters. The second kappa shape index (κ2) is 12.8. The molecule has 0 aromatic heterocycles. The average molecular weight is 556 g/mol. The third kappa shape index (κ3) is 7.14. The summed E-state index contributed by atoms with van der Waals surface area (Å²) >= 11 is 3.50. The minimum atomic E-state index is -0.913. The number of halogens is 2. The van der Waals surface area contributed by atoms with E-state index >= 15 is 0 Å². The zero-order valence-electron chi connectivity index (χ0n) is 20.1. The van der Waals surface area contributed by atoms with Crippen LogP contribution in [0.1, 0.15) is 35.3 Å². The van der Waals surface area contributed by atoms with Crippen molar-refractivity contribution in [1.29, 1.82) is 0 Å². The Morgan fingerprint density at radius 1 is 1.08 bits per heavy atom. The van der Waals surface area contributed by atoms with Crippen molar-refractivity contribution in [3.8, 4) is 11.5 Å². The van der Waals surface area contributed by atoms with Gasteiger partial charge >= 0.3 is 0 Å². The predicted octanol–water partition coefficient (Wildman–Crippen LogP) is 5.08. The molecular weight excluding hydrogens is 529 g/mol. The zero-order valence-corrected chi connectivity index (χ0v) is 21.7. The molecule has 1 unspecified atom stereocenters.